The van der Waals surface area contributed by atoms with Crippen molar-refractivity contribution in [3.05, 3.63) is 29.6 Å². The number of carbonyl (C=O) groups is 2. The molecule has 0 radical (unpaired) electrons. The van der Waals surface area contributed by atoms with Crippen molar-refractivity contribution in [3.63, 3.8) is 0 Å². The van der Waals surface area contributed by atoms with Gasteiger partial charge in [-0.2, -0.15) is 0 Å². The van der Waals surface area contributed by atoms with Crippen LogP contribution in [0.25, 0.3) is 11.0 Å². The van der Waals surface area contributed by atoms with Gasteiger partial charge >= 0.3 is 0 Å². The lowest BCUT2D eigenvalue weighted by molar-refractivity contribution is -0.163. The molecule has 30 heavy (non-hydrogen) atoms. The van der Waals surface area contributed by atoms with Crippen LogP contribution in [0.3, 0.4) is 0 Å². The summed E-state index contributed by atoms with van der Waals surface area (Å²) in [7, 11) is 0. The van der Waals surface area contributed by atoms with Gasteiger partial charge in [-0.1, -0.05) is 45.6 Å². The molecule has 3 rings (SSSR count). The average molecular weight is 415 g/mol. The second-order valence-corrected chi connectivity index (χ2v) is 9.55. The Balaban J connectivity index is 1.53. The molecule has 2 amide bonds. The molecule has 1 heterocycles. The Labute approximate surface area is 178 Å². The minimum Gasteiger partial charge on any atom is -0.355 e. The van der Waals surface area contributed by atoms with Crippen molar-refractivity contribution in [3.8, 4) is 0 Å². The van der Waals surface area contributed by atoms with Crippen LogP contribution in [0.5, 0.6) is 0 Å². The van der Waals surface area contributed by atoms with Crippen LogP contribution in [-0.4, -0.2) is 45.1 Å². The third kappa shape index (κ3) is 6.05. The monoisotopic (exact) mass is 414 g/mol. The number of fused-ring (bicyclic) bond motifs is 1. The molecule has 0 spiro atoms. The highest BCUT2D eigenvalue weighted by atomic mass is 16.5. The van der Waals surface area contributed by atoms with Crippen molar-refractivity contribution < 1.29 is 14.8 Å². The van der Waals surface area contributed by atoms with Crippen molar-refractivity contribution in [2.75, 3.05) is 6.54 Å². The number of hydroxylamine groups is 2. The molecular formula is C23H34N4O3. The predicted octanol–water partition coefficient (Wildman–Crippen LogP) is 3.74. The second-order valence-electron chi connectivity index (χ2n) is 9.55. The average Bonchev–Trinajstić information content (AvgIpc) is 3.33. The Bertz CT molecular complexity index is 870. The Hall–Kier alpha value is -2.41. The number of aromatic amines is 1. The number of hydrogen-bond acceptors (Lipinski definition) is 4. The van der Waals surface area contributed by atoms with Gasteiger partial charge < -0.3 is 10.3 Å². The van der Waals surface area contributed by atoms with Gasteiger partial charge in [0, 0.05) is 19.4 Å². The van der Waals surface area contributed by atoms with E-state index in [-0.39, 0.29) is 17.7 Å². The zero-order valence-corrected chi connectivity index (χ0v) is 18.3. The normalized spacial score (nSPS) is 16.0. The molecule has 0 bridgehead atoms. The lowest BCUT2D eigenvalue weighted by Crippen LogP contribution is -2.41. The van der Waals surface area contributed by atoms with E-state index in [9.17, 15) is 14.8 Å². The summed E-state index contributed by atoms with van der Waals surface area (Å²) >= 11 is 0. The SMILES string of the molecule is Cc1ccc2nc(CC(C)(C)CNC(=O)CC(CC3CCCC3)N(O)C=O)[nH]c2c1. The van der Waals surface area contributed by atoms with E-state index in [1.54, 1.807) is 0 Å². The molecule has 1 aromatic heterocycles. The van der Waals surface area contributed by atoms with Gasteiger partial charge in [-0.3, -0.25) is 14.8 Å². The highest BCUT2D eigenvalue weighted by Gasteiger charge is 2.27. The van der Waals surface area contributed by atoms with Crippen molar-refractivity contribution in [2.24, 2.45) is 11.3 Å². The fourth-order valence-electron chi connectivity index (χ4n) is 4.40. The first kappa shape index (κ1) is 22.3. The number of amides is 2. The molecule has 1 fully saturated rings. The summed E-state index contributed by atoms with van der Waals surface area (Å²) in [5.74, 6) is 1.23. The fourth-order valence-corrected chi connectivity index (χ4v) is 4.40. The maximum atomic E-state index is 12.5. The molecular weight excluding hydrogens is 380 g/mol. The first-order chi connectivity index (χ1) is 14.3. The Morgan fingerprint density at radius 3 is 2.83 bits per heavy atom. The molecule has 3 N–H and O–H groups in total. The number of carbonyl (C=O) groups excluding carboxylic acids is 2. The van der Waals surface area contributed by atoms with Crippen LogP contribution in [-0.2, 0) is 16.0 Å². The van der Waals surface area contributed by atoms with Crippen LogP contribution in [0.4, 0.5) is 0 Å². The minimum atomic E-state index is -0.465. The smallest absolute Gasteiger partial charge is 0.233 e. The molecule has 1 aliphatic carbocycles. The summed E-state index contributed by atoms with van der Waals surface area (Å²) in [6.45, 7) is 6.72. The largest absolute Gasteiger partial charge is 0.355 e. The molecule has 7 heteroatoms. The van der Waals surface area contributed by atoms with Gasteiger partial charge in [0.2, 0.25) is 12.3 Å². The molecule has 0 aliphatic heterocycles. The van der Waals surface area contributed by atoms with E-state index < -0.39 is 6.04 Å². The highest BCUT2D eigenvalue weighted by Crippen LogP contribution is 2.30. The van der Waals surface area contributed by atoms with Crippen molar-refractivity contribution in [1.82, 2.24) is 20.3 Å². The summed E-state index contributed by atoms with van der Waals surface area (Å²) in [5, 5.41) is 13.6. The van der Waals surface area contributed by atoms with Crippen LogP contribution in [0.2, 0.25) is 0 Å². The lowest BCUT2D eigenvalue weighted by atomic mass is 9.88. The third-order valence-electron chi connectivity index (χ3n) is 6.08. The van der Waals surface area contributed by atoms with E-state index in [1.165, 1.54) is 18.4 Å². The molecule has 1 unspecified atom stereocenters. The molecule has 1 aliphatic rings. The Morgan fingerprint density at radius 2 is 2.13 bits per heavy atom. The van der Waals surface area contributed by atoms with Crippen LogP contribution < -0.4 is 5.32 Å². The molecule has 7 nitrogen and oxygen atoms in total. The minimum absolute atomic E-state index is 0.117. The number of benzene rings is 1. The molecule has 0 saturated heterocycles. The summed E-state index contributed by atoms with van der Waals surface area (Å²) < 4.78 is 0. The fraction of sp³-hybridized carbons (Fsp3) is 0.609. The third-order valence-corrected chi connectivity index (χ3v) is 6.08. The van der Waals surface area contributed by atoms with E-state index in [1.807, 2.05) is 12.1 Å². The van der Waals surface area contributed by atoms with Gasteiger partial charge in [-0.15, -0.1) is 0 Å². The van der Waals surface area contributed by atoms with Crippen LogP contribution >= 0.6 is 0 Å². The second kappa shape index (κ2) is 9.60. The number of imidazole rings is 1. The molecule has 2 aromatic rings. The maximum Gasteiger partial charge on any atom is 0.233 e. The van der Waals surface area contributed by atoms with Gasteiger partial charge in [0.05, 0.1) is 17.1 Å². The number of nitrogens with one attached hydrogen (secondary N) is 2. The molecule has 1 atom stereocenters. The number of aromatic nitrogens is 2. The molecule has 164 valence electrons. The number of H-pyrrole nitrogens is 1. The standard InChI is InChI=1S/C23H34N4O3/c1-16-8-9-19-20(10-16)26-21(25-19)13-23(2,3)14-24-22(29)12-18(27(30)15-28)11-17-6-4-5-7-17/h8-10,15,17-18,30H,4-7,11-14H2,1-3H3,(H,24,29)(H,25,26). The lowest BCUT2D eigenvalue weighted by Gasteiger charge is -2.27. The zero-order valence-electron chi connectivity index (χ0n) is 18.3. The van der Waals surface area contributed by atoms with E-state index >= 15 is 0 Å². The number of nitrogens with zero attached hydrogens (tertiary/aromatic N) is 2. The Morgan fingerprint density at radius 1 is 1.40 bits per heavy atom. The van der Waals surface area contributed by atoms with Crippen LogP contribution in [0, 0.1) is 18.3 Å². The van der Waals surface area contributed by atoms with E-state index in [0.29, 0.717) is 36.8 Å². The first-order valence-electron chi connectivity index (χ1n) is 10.9. The van der Waals surface area contributed by atoms with E-state index in [2.05, 4.69) is 42.1 Å². The summed E-state index contributed by atoms with van der Waals surface area (Å²) in [6.07, 6.45) is 6.48. The maximum absolute atomic E-state index is 12.5. The van der Waals surface area contributed by atoms with Gasteiger partial charge in [-0.05, 0) is 42.4 Å². The quantitative estimate of drug-likeness (QED) is 0.313. The molecule has 1 aromatic carbocycles. The van der Waals surface area contributed by atoms with Crippen molar-refractivity contribution in [1.29, 1.82) is 0 Å². The number of hydrogen-bond donors (Lipinski definition) is 3. The topological polar surface area (TPSA) is 98.3 Å². The van der Waals surface area contributed by atoms with Gasteiger partial charge in [0.15, 0.2) is 0 Å². The van der Waals surface area contributed by atoms with Gasteiger partial charge in [-0.25, -0.2) is 10.0 Å². The Kier molecular flexibility index (Phi) is 7.13. The van der Waals surface area contributed by atoms with Crippen molar-refractivity contribution >= 4 is 23.4 Å². The summed E-state index contributed by atoms with van der Waals surface area (Å²) in [5.41, 5.74) is 2.96. The van der Waals surface area contributed by atoms with Crippen LogP contribution in [0.1, 0.15) is 63.8 Å². The summed E-state index contributed by atoms with van der Waals surface area (Å²) in [4.78, 5) is 31.6. The number of aryl methyl sites for hydroxylation is 1. The van der Waals surface area contributed by atoms with E-state index in [4.69, 9.17) is 0 Å². The van der Waals surface area contributed by atoms with Crippen molar-refractivity contribution in [2.45, 2.75) is 71.8 Å². The highest BCUT2D eigenvalue weighted by molar-refractivity contribution is 5.77. The van der Waals surface area contributed by atoms with E-state index in [0.717, 1.165) is 29.7 Å². The van der Waals surface area contributed by atoms with Crippen LogP contribution in [0.15, 0.2) is 18.2 Å². The summed E-state index contributed by atoms with van der Waals surface area (Å²) in [6, 6.07) is 5.67. The predicted molar refractivity (Wildman–Crippen MR) is 116 cm³/mol. The zero-order chi connectivity index (χ0) is 21.7. The van der Waals surface area contributed by atoms with Gasteiger partial charge in [0.25, 0.3) is 0 Å². The van der Waals surface area contributed by atoms with Gasteiger partial charge in [0.1, 0.15) is 5.82 Å². The first-order valence-corrected chi connectivity index (χ1v) is 10.9. The number of rotatable bonds is 10. The molecule has 1 saturated carbocycles.